The van der Waals surface area contributed by atoms with Crippen molar-refractivity contribution < 1.29 is 25.9 Å². The van der Waals surface area contributed by atoms with E-state index >= 15 is 0 Å². The fraction of sp³-hybridized carbons (Fsp3) is 0.143. The minimum Gasteiger partial charge on any atom is -0.680 e. The van der Waals surface area contributed by atoms with Gasteiger partial charge in [0, 0.05) is 11.8 Å². The number of hydrogen-bond donors (Lipinski definition) is 0. The van der Waals surface area contributed by atoms with Crippen LogP contribution in [0.3, 0.4) is 0 Å². The summed E-state index contributed by atoms with van der Waals surface area (Å²) in [7, 11) is 9.87. The summed E-state index contributed by atoms with van der Waals surface area (Å²) in [5, 5.41) is 9.11. The topological polar surface area (TPSA) is 136 Å². The Hall–Kier alpha value is -2.04. The predicted molar refractivity (Wildman–Crippen MR) is 131 cm³/mol. The van der Waals surface area contributed by atoms with Crippen LogP contribution >= 0.6 is 17.8 Å². The number of halogens is 2. The first kappa shape index (κ1) is 27.2. The fourth-order valence-corrected chi connectivity index (χ4v) is 3.00. The Morgan fingerprint density at radius 3 is 1.52 bits per heavy atom. The summed E-state index contributed by atoms with van der Waals surface area (Å²) in [6.45, 7) is 0.454. The van der Waals surface area contributed by atoms with E-state index in [1.54, 1.807) is 48.5 Å². The van der Waals surface area contributed by atoms with E-state index in [-0.39, 0.29) is 64.2 Å². The van der Waals surface area contributed by atoms with Gasteiger partial charge in [0.1, 0.15) is 11.2 Å². The van der Waals surface area contributed by atoms with Gasteiger partial charge in [-0.2, -0.15) is 0 Å². The van der Waals surface area contributed by atoms with E-state index in [2.05, 4.69) is 10.6 Å². The second kappa shape index (κ2) is 13.0. The van der Waals surface area contributed by atoms with Gasteiger partial charge in [-0.05, 0) is 24.3 Å². The maximum atomic E-state index is 12.5. The van der Waals surface area contributed by atoms with Crippen LogP contribution in [0.25, 0.3) is 44.0 Å². The van der Waals surface area contributed by atoms with Crippen LogP contribution in [-0.2, 0) is 17.1 Å². The zero-order valence-electron chi connectivity index (χ0n) is 16.8. The average Bonchev–Trinajstić information content (AvgIpc) is 2.78. The molecule has 12 heteroatoms. The number of nitrogens with one attached hydrogen (secondary N) is 2. The predicted octanol–water partition coefficient (Wildman–Crippen LogP) is 7.36. The molecule has 2 aromatic heterocycles. The number of nitrogens with zero attached hydrogens (tertiary/aromatic N) is 2. The molecular weight excluding hydrogens is 625 g/mol. The first-order valence-electron chi connectivity index (χ1n) is 9.34. The molecule has 0 atom stereocenters. The molecule has 0 aliphatic rings. The van der Waals surface area contributed by atoms with Crippen molar-refractivity contribution in [2.45, 2.75) is 6.42 Å². The molecule has 8 nitrogen and oxygen atoms in total. The molecule has 0 unspecified atom stereocenters. The van der Waals surface area contributed by atoms with E-state index in [9.17, 15) is 9.59 Å². The van der Waals surface area contributed by atoms with Crippen LogP contribution in [0.5, 0.6) is 0 Å². The number of para-hydroxylation sites is 2. The van der Waals surface area contributed by atoms with Crippen molar-refractivity contribution in [2.24, 2.45) is 0 Å². The van der Waals surface area contributed by atoms with Gasteiger partial charge in [0.2, 0.25) is 0 Å². The minimum absolute atomic E-state index is 0. The molecule has 175 valence electrons. The Labute approximate surface area is 217 Å². The largest absolute Gasteiger partial charge is 2.00 e. The maximum Gasteiger partial charge on any atom is 2.00 e. The summed E-state index contributed by atoms with van der Waals surface area (Å²) in [4.78, 5) is 24.9. The molecule has 2 aromatic carbocycles. The quantitative estimate of drug-likeness (QED) is 0.160. The molecule has 0 amide bonds. The van der Waals surface area contributed by atoms with Crippen LogP contribution in [-0.4, -0.2) is 32.0 Å². The smallest absolute Gasteiger partial charge is 0.680 e. The van der Waals surface area contributed by atoms with Crippen molar-refractivity contribution in [3.05, 3.63) is 91.1 Å². The Morgan fingerprint density at radius 1 is 0.758 bits per heavy atom. The minimum atomic E-state index is -0.826. The van der Waals surface area contributed by atoms with Gasteiger partial charge in [0.25, 0.3) is 0 Å². The van der Waals surface area contributed by atoms with E-state index in [1.807, 2.05) is 0 Å². The van der Waals surface area contributed by atoms with Gasteiger partial charge in [-0.1, -0.05) is 42.1 Å². The summed E-state index contributed by atoms with van der Waals surface area (Å²) >= 11 is -0.826. The first-order valence-corrected chi connectivity index (χ1v) is 16.6. The molecule has 4 aromatic rings. The van der Waals surface area contributed by atoms with E-state index < -0.39 is 18.9 Å². The van der Waals surface area contributed by atoms with E-state index in [0.29, 0.717) is 28.4 Å². The second-order valence-corrected chi connectivity index (χ2v) is 10.6. The van der Waals surface area contributed by atoms with Crippen molar-refractivity contribution in [3.63, 3.8) is 0 Å². The third-order valence-electron chi connectivity index (χ3n) is 4.40. The Morgan fingerprint density at radius 2 is 1.12 bits per heavy atom. The zero-order valence-corrected chi connectivity index (χ0v) is 22.1. The van der Waals surface area contributed by atoms with Gasteiger partial charge in [-0.25, -0.2) is 0 Å². The summed E-state index contributed by atoms with van der Waals surface area (Å²) in [5.41, 5.74) is 15.7. The number of fused-ring (bicyclic) bond motifs is 2. The van der Waals surface area contributed by atoms with Crippen LogP contribution in [0.2, 0.25) is 0 Å². The summed E-state index contributed by atoms with van der Waals surface area (Å²) in [6, 6.07) is 13.4. The number of rotatable bonds is 6. The molecule has 4 rings (SSSR count). The number of benzene rings is 2. The molecular formula is C21H16Cl2CuN4O4Sn-2. The molecule has 0 aliphatic heterocycles. The van der Waals surface area contributed by atoms with Crippen molar-refractivity contribution >= 4 is 81.8 Å². The molecule has 0 spiro atoms. The maximum absolute atomic E-state index is 12.5. The van der Waals surface area contributed by atoms with Crippen molar-refractivity contribution in [3.8, 4) is 0 Å². The standard InChI is InChI=1S/C21H18N4O4.2ClH.Cu.Sn/c22-20-16(18(26)12-6-1-3-8-14(12)28-20)24-10-5-11-25-17-19(27)13-7-2-4-9-15(13)29-21(17)23;;;;/h1-4,6-9H,5,10-11H2,(H4,22,23,26,27);2*1H;;/q-2;;;2*+2/p-4. The molecule has 3 radical (unpaired) electrons. The van der Waals surface area contributed by atoms with E-state index in [1.165, 1.54) is 0 Å². The molecule has 0 fully saturated rings. The molecule has 0 bridgehead atoms. The van der Waals surface area contributed by atoms with Crippen molar-refractivity contribution in [1.82, 2.24) is 0 Å². The van der Waals surface area contributed by atoms with Gasteiger partial charge < -0.3 is 30.9 Å². The summed E-state index contributed by atoms with van der Waals surface area (Å²) < 4.78 is 10.7. The first-order chi connectivity index (χ1) is 15.5. The molecule has 0 saturated carbocycles. The van der Waals surface area contributed by atoms with Crippen molar-refractivity contribution in [1.29, 1.82) is 0 Å². The summed E-state index contributed by atoms with van der Waals surface area (Å²) in [5.74, 6) is -0.566. The molecule has 0 saturated heterocycles. The van der Waals surface area contributed by atoms with Crippen LogP contribution in [0, 0.1) is 0 Å². The number of hydrogen-bond acceptors (Lipinski definition) is 4. The monoisotopic (exact) mass is 641 g/mol. The summed E-state index contributed by atoms with van der Waals surface area (Å²) in [6.07, 6.45) is 0.428. The van der Waals surface area contributed by atoms with Gasteiger partial charge in [-0.3, -0.25) is 9.59 Å². The third-order valence-corrected chi connectivity index (χ3v) is 4.40. The normalized spacial score (nSPS) is 10.2. The van der Waals surface area contributed by atoms with E-state index in [0.717, 1.165) is 0 Å². The second-order valence-electron chi connectivity index (χ2n) is 6.40. The fourth-order valence-electron chi connectivity index (χ4n) is 3.00. The van der Waals surface area contributed by atoms with Gasteiger partial charge in [0.05, 0.1) is 10.8 Å². The van der Waals surface area contributed by atoms with Crippen LogP contribution < -0.4 is 10.9 Å². The SMILES string of the molecule is [Cl][Sn][Cl].[Cu+2].[NH-]c1oc2ccccc2c(=O)c1[N-]CCC[N-]c1c([NH-])oc2ccccc2c1=O. The van der Waals surface area contributed by atoms with Crippen LogP contribution in [0.15, 0.2) is 67.0 Å². The average molecular weight is 642 g/mol. The third kappa shape index (κ3) is 6.51. The van der Waals surface area contributed by atoms with E-state index in [4.69, 9.17) is 38.1 Å². The van der Waals surface area contributed by atoms with Crippen LogP contribution in [0.1, 0.15) is 6.42 Å². The molecule has 0 aliphatic carbocycles. The zero-order chi connectivity index (χ0) is 23.1. The Balaban J connectivity index is 0.000000914. The van der Waals surface area contributed by atoms with Crippen molar-refractivity contribution in [2.75, 3.05) is 13.1 Å². The molecule has 2 heterocycles. The molecule has 33 heavy (non-hydrogen) atoms. The van der Waals surface area contributed by atoms with Gasteiger partial charge in [0.15, 0.2) is 10.9 Å². The molecule has 2 N–H and O–H groups in total. The van der Waals surface area contributed by atoms with Gasteiger partial charge in [-0.15, -0.1) is 13.1 Å². The van der Waals surface area contributed by atoms with Gasteiger partial charge >= 0.3 is 53.8 Å². The van der Waals surface area contributed by atoms with Crippen LogP contribution in [0.4, 0.5) is 23.1 Å². The Bertz CT molecular complexity index is 1250. The Kier molecular flexibility index (Phi) is 10.7.